The molecule has 2 aromatic rings. The van der Waals surface area contributed by atoms with Crippen molar-refractivity contribution in [3.63, 3.8) is 0 Å². The summed E-state index contributed by atoms with van der Waals surface area (Å²) in [5.41, 5.74) is 2.13. The largest absolute Gasteiger partial charge is 0.339 e. The maximum atomic E-state index is 11.7. The fourth-order valence-corrected chi connectivity index (χ4v) is 3.39. The van der Waals surface area contributed by atoms with Crippen LogP contribution in [0.2, 0.25) is 0 Å². The smallest absolute Gasteiger partial charge is 0.241 e. The maximum absolute atomic E-state index is 11.7. The van der Waals surface area contributed by atoms with E-state index in [4.69, 9.17) is 4.52 Å². The number of benzene rings is 1. The molecule has 1 fully saturated rings. The van der Waals surface area contributed by atoms with E-state index in [-0.39, 0.29) is 11.9 Å². The highest BCUT2D eigenvalue weighted by Gasteiger charge is 2.29. The molecule has 2 heterocycles. The Hall–Kier alpha value is -2.21. The van der Waals surface area contributed by atoms with E-state index >= 15 is 0 Å². The summed E-state index contributed by atoms with van der Waals surface area (Å²) in [6, 6.07) is 8.30. The van der Waals surface area contributed by atoms with Gasteiger partial charge in [-0.15, -0.1) is 0 Å². The third-order valence-electron chi connectivity index (χ3n) is 4.65. The number of likely N-dealkylation sites (tertiary alicyclic amines) is 1. The van der Waals surface area contributed by atoms with Crippen molar-refractivity contribution in [1.82, 2.24) is 19.9 Å². The summed E-state index contributed by atoms with van der Waals surface area (Å²) in [7, 11) is 0. The molecule has 1 aliphatic heterocycles. The molecule has 0 saturated carbocycles. The topological polar surface area (TPSA) is 62.5 Å². The molecule has 1 saturated heterocycles. The van der Waals surface area contributed by atoms with Gasteiger partial charge >= 0.3 is 0 Å². The molecule has 1 atom stereocenters. The minimum Gasteiger partial charge on any atom is -0.339 e. The Morgan fingerprint density at radius 1 is 1.42 bits per heavy atom. The van der Waals surface area contributed by atoms with Gasteiger partial charge in [0.25, 0.3) is 0 Å². The zero-order chi connectivity index (χ0) is 17.1. The van der Waals surface area contributed by atoms with E-state index in [1.54, 1.807) is 6.92 Å². The van der Waals surface area contributed by atoms with E-state index < -0.39 is 0 Å². The highest BCUT2D eigenvalue weighted by atomic mass is 16.5. The molecule has 24 heavy (non-hydrogen) atoms. The van der Waals surface area contributed by atoms with Crippen LogP contribution < -0.4 is 0 Å². The number of rotatable bonds is 5. The van der Waals surface area contributed by atoms with E-state index in [0.29, 0.717) is 18.3 Å². The Labute approximate surface area is 142 Å². The highest BCUT2D eigenvalue weighted by Crippen LogP contribution is 2.22. The molecule has 1 unspecified atom stereocenters. The number of amides is 1. The molecule has 128 valence electrons. The van der Waals surface area contributed by atoms with Crippen molar-refractivity contribution in [2.45, 2.75) is 39.8 Å². The summed E-state index contributed by atoms with van der Waals surface area (Å²) in [5.74, 6) is 1.40. The lowest BCUT2D eigenvalue weighted by atomic mass is 10.1. The number of aromatic nitrogens is 2. The number of hydrogen-bond donors (Lipinski definition) is 0. The van der Waals surface area contributed by atoms with Gasteiger partial charge in [-0.2, -0.15) is 4.98 Å². The van der Waals surface area contributed by atoms with E-state index in [9.17, 15) is 4.79 Å². The second-order valence-electron chi connectivity index (χ2n) is 6.31. The summed E-state index contributed by atoms with van der Waals surface area (Å²) < 4.78 is 5.42. The summed E-state index contributed by atoms with van der Waals surface area (Å²) in [6.45, 7) is 8.88. The van der Waals surface area contributed by atoms with Gasteiger partial charge in [-0.3, -0.25) is 9.69 Å². The van der Waals surface area contributed by atoms with Crippen molar-refractivity contribution in [1.29, 1.82) is 0 Å². The second-order valence-corrected chi connectivity index (χ2v) is 6.31. The quantitative estimate of drug-likeness (QED) is 0.844. The molecular weight excluding hydrogens is 304 g/mol. The summed E-state index contributed by atoms with van der Waals surface area (Å²) in [4.78, 5) is 20.4. The molecule has 0 N–H and O–H groups in total. The van der Waals surface area contributed by atoms with Crippen LogP contribution in [0.5, 0.6) is 0 Å². The van der Waals surface area contributed by atoms with Crippen LogP contribution in [0.1, 0.15) is 31.7 Å². The molecule has 1 aromatic carbocycles. The molecule has 6 heteroatoms. The first-order valence-electron chi connectivity index (χ1n) is 8.46. The number of carbonyl (C=O) groups is 1. The fourth-order valence-electron chi connectivity index (χ4n) is 3.39. The van der Waals surface area contributed by atoms with Gasteiger partial charge in [0.05, 0.1) is 6.54 Å². The van der Waals surface area contributed by atoms with Gasteiger partial charge in [0.2, 0.25) is 17.6 Å². The van der Waals surface area contributed by atoms with Crippen LogP contribution in [-0.4, -0.2) is 51.5 Å². The summed E-state index contributed by atoms with van der Waals surface area (Å²) >= 11 is 0. The number of carbonyl (C=O) groups excluding carboxylic acids is 1. The number of aryl methyl sites for hydroxylation is 1. The molecule has 0 bridgehead atoms. The third-order valence-corrected chi connectivity index (χ3v) is 4.65. The number of nitrogens with zero attached hydrogens (tertiary/aromatic N) is 4. The molecule has 1 aromatic heterocycles. The first-order valence-corrected chi connectivity index (χ1v) is 8.46. The first kappa shape index (κ1) is 16.6. The van der Waals surface area contributed by atoms with Gasteiger partial charge in [0.1, 0.15) is 0 Å². The summed E-state index contributed by atoms with van der Waals surface area (Å²) in [5, 5.41) is 4.11. The van der Waals surface area contributed by atoms with Crippen LogP contribution in [0.3, 0.4) is 0 Å². The lowest BCUT2D eigenvalue weighted by Crippen LogP contribution is -2.40. The van der Waals surface area contributed by atoms with Gasteiger partial charge < -0.3 is 9.42 Å². The minimum absolute atomic E-state index is 0.143. The first-order chi connectivity index (χ1) is 11.6. The van der Waals surface area contributed by atoms with Crippen LogP contribution >= 0.6 is 0 Å². The monoisotopic (exact) mass is 328 g/mol. The van der Waals surface area contributed by atoms with Gasteiger partial charge in [-0.05, 0) is 25.8 Å². The Morgan fingerprint density at radius 2 is 2.21 bits per heavy atom. The highest BCUT2D eigenvalue weighted by molar-refractivity contribution is 5.73. The predicted octanol–water partition coefficient (Wildman–Crippen LogP) is 2.49. The zero-order valence-corrected chi connectivity index (χ0v) is 14.5. The van der Waals surface area contributed by atoms with Crippen molar-refractivity contribution in [3.8, 4) is 11.4 Å². The zero-order valence-electron chi connectivity index (χ0n) is 14.5. The van der Waals surface area contributed by atoms with Gasteiger partial charge in [0, 0.05) is 38.2 Å². The molecule has 0 spiro atoms. The Kier molecular flexibility index (Phi) is 4.94. The van der Waals surface area contributed by atoms with Crippen molar-refractivity contribution in [2.75, 3.05) is 19.6 Å². The van der Waals surface area contributed by atoms with E-state index in [2.05, 4.69) is 15.0 Å². The van der Waals surface area contributed by atoms with Crippen LogP contribution in [0, 0.1) is 6.92 Å². The molecule has 0 aliphatic carbocycles. The minimum atomic E-state index is 0.143. The van der Waals surface area contributed by atoms with Crippen LogP contribution in [0.25, 0.3) is 11.4 Å². The molecule has 3 rings (SSSR count). The normalized spacial score (nSPS) is 18.0. The Morgan fingerprint density at radius 3 is 2.92 bits per heavy atom. The Balaban J connectivity index is 1.64. The average molecular weight is 328 g/mol. The lowest BCUT2D eigenvalue weighted by molar-refractivity contribution is -0.130. The molecule has 6 nitrogen and oxygen atoms in total. The second kappa shape index (κ2) is 7.13. The average Bonchev–Trinajstić information content (AvgIpc) is 3.19. The van der Waals surface area contributed by atoms with Crippen LogP contribution in [0.15, 0.2) is 28.8 Å². The van der Waals surface area contributed by atoms with Crippen molar-refractivity contribution in [3.05, 3.63) is 35.7 Å². The number of hydrogen-bond acceptors (Lipinski definition) is 5. The van der Waals surface area contributed by atoms with Crippen LogP contribution in [0.4, 0.5) is 0 Å². The van der Waals surface area contributed by atoms with E-state index in [0.717, 1.165) is 37.2 Å². The Bertz CT molecular complexity index is 713. The number of likely N-dealkylation sites (N-methyl/N-ethyl adjacent to an activating group) is 1. The van der Waals surface area contributed by atoms with Gasteiger partial charge in [-0.25, -0.2) is 0 Å². The third kappa shape index (κ3) is 3.48. The van der Waals surface area contributed by atoms with Crippen LogP contribution in [-0.2, 0) is 11.3 Å². The SMILES string of the molecule is CCN(C(C)=O)C1CCN(Cc2nc(-c3ccccc3C)no2)C1. The van der Waals surface area contributed by atoms with E-state index in [1.165, 1.54) is 0 Å². The van der Waals surface area contributed by atoms with Crippen molar-refractivity contribution < 1.29 is 9.32 Å². The van der Waals surface area contributed by atoms with Gasteiger partial charge in [-0.1, -0.05) is 29.4 Å². The molecule has 1 aliphatic rings. The summed E-state index contributed by atoms with van der Waals surface area (Å²) in [6.07, 6.45) is 0.992. The standard InChI is InChI=1S/C18H24N4O2/c1-4-22(14(3)23)15-9-10-21(11-15)12-17-19-18(20-24-17)16-8-6-5-7-13(16)2/h5-8,15H,4,9-12H2,1-3H3. The molecule has 1 amide bonds. The maximum Gasteiger partial charge on any atom is 0.241 e. The predicted molar refractivity (Wildman–Crippen MR) is 91.2 cm³/mol. The fraction of sp³-hybridized carbons (Fsp3) is 0.500. The lowest BCUT2D eigenvalue weighted by Gasteiger charge is -2.26. The van der Waals surface area contributed by atoms with E-state index in [1.807, 2.05) is 43.0 Å². The van der Waals surface area contributed by atoms with Crippen molar-refractivity contribution in [2.24, 2.45) is 0 Å². The van der Waals surface area contributed by atoms with Gasteiger partial charge in [0.15, 0.2) is 0 Å². The van der Waals surface area contributed by atoms with Crippen molar-refractivity contribution >= 4 is 5.91 Å². The molecule has 0 radical (unpaired) electrons. The molecular formula is C18H24N4O2.